The number of aliphatic carboxylic acids is 1. The zero-order chi connectivity index (χ0) is 13.0. The van der Waals surface area contributed by atoms with Crippen molar-refractivity contribution in [2.45, 2.75) is 6.61 Å². The van der Waals surface area contributed by atoms with Crippen LogP contribution >= 0.6 is 11.6 Å². The lowest BCUT2D eigenvalue weighted by Crippen LogP contribution is -2.06. The van der Waals surface area contributed by atoms with Crippen molar-refractivity contribution in [2.75, 3.05) is 6.61 Å². The van der Waals surface area contributed by atoms with Gasteiger partial charge < -0.3 is 14.4 Å². The fourth-order valence-corrected chi connectivity index (χ4v) is 1.26. The van der Waals surface area contributed by atoms with Gasteiger partial charge in [-0.15, -0.1) is 0 Å². The van der Waals surface area contributed by atoms with E-state index >= 15 is 0 Å². The summed E-state index contributed by atoms with van der Waals surface area (Å²) < 4.78 is 9.69. The highest BCUT2D eigenvalue weighted by atomic mass is 35.5. The maximum atomic E-state index is 10.2. The lowest BCUT2D eigenvalue weighted by Gasteiger charge is -1.94. The predicted octanol–water partition coefficient (Wildman–Crippen LogP) is 1.39. The van der Waals surface area contributed by atoms with Gasteiger partial charge in [-0.2, -0.15) is 4.98 Å². The summed E-state index contributed by atoms with van der Waals surface area (Å²) in [7, 11) is 0. The Morgan fingerprint density at radius 2 is 2.33 bits per heavy atom. The van der Waals surface area contributed by atoms with Gasteiger partial charge in [-0.25, -0.2) is 4.79 Å². The summed E-state index contributed by atoms with van der Waals surface area (Å²) in [5, 5.41) is 12.6. The maximum Gasteiger partial charge on any atom is 0.329 e. The van der Waals surface area contributed by atoms with Crippen LogP contribution in [0.1, 0.15) is 5.89 Å². The summed E-state index contributed by atoms with van der Waals surface area (Å²) in [6.07, 6.45) is 1.47. The second-order valence-electron chi connectivity index (χ2n) is 3.26. The summed E-state index contributed by atoms with van der Waals surface area (Å²) >= 11 is 5.70. The molecule has 0 aromatic carbocycles. The molecule has 2 rings (SSSR count). The van der Waals surface area contributed by atoms with Gasteiger partial charge in [0.05, 0.1) is 5.02 Å². The van der Waals surface area contributed by atoms with Crippen molar-refractivity contribution in [3.63, 3.8) is 0 Å². The van der Waals surface area contributed by atoms with E-state index in [1.165, 1.54) is 6.20 Å². The normalized spacial score (nSPS) is 10.5. The third kappa shape index (κ3) is 3.25. The van der Waals surface area contributed by atoms with Crippen molar-refractivity contribution in [3.05, 3.63) is 29.2 Å². The van der Waals surface area contributed by atoms with Gasteiger partial charge >= 0.3 is 5.97 Å². The van der Waals surface area contributed by atoms with Crippen LogP contribution in [0.25, 0.3) is 11.5 Å². The Hall–Kier alpha value is -1.99. The lowest BCUT2D eigenvalue weighted by atomic mass is 10.3. The molecule has 2 aromatic rings. The minimum absolute atomic E-state index is 0.0626. The summed E-state index contributed by atoms with van der Waals surface area (Å²) in [6.45, 7) is -0.482. The van der Waals surface area contributed by atoms with Crippen LogP contribution in [-0.2, 0) is 16.1 Å². The van der Waals surface area contributed by atoms with Gasteiger partial charge in [0.1, 0.15) is 18.9 Å². The van der Waals surface area contributed by atoms with Crippen LogP contribution in [0.4, 0.5) is 0 Å². The average molecular weight is 270 g/mol. The molecule has 18 heavy (non-hydrogen) atoms. The van der Waals surface area contributed by atoms with Crippen LogP contribution in [0.3, 0.4) is 0 Å². The molecule has 0 atom stereocenters. The van der Waals surface area contributed by atoms with E-state index < -0.39 is 12.6 Å². The third-order valence-electron chi connectivity index (χ3n) is 1.88. The van der Waals surface area contributed by atoms with Crippen molar-refractivity contribution in [3.8, 4) is 11.5 Å². The van der Waals surface area contributed by atoms with E-state index in [9.17, 15) is 4.79 Å². The molecule has 0 saturated heterocycles. The number of rotatable bonds is 5. The molecule has 2 heterocycles. The summed E-state index contributed by atoms with van der Waals surface area (Å²) in [5.41, 5.74) is 0.507. The number of hydrogen-bond donors (Lipinski definition) is 1. The van der Waals surface area contributed by atoms with E-state index in [0.717, 1.165) is 0 Å². The van der Waals surface area contributed by atoms with Crippen molar-refractivity contribution in [2.24, 2.45) is 0 Å². The molecule has 0 amide bonds. The number of aromatic nitrogens is 3. The van der Waals surface area contributed by atoms with E-state index in [4.69, 9.17) is 26.0 Å². The first kappa shape index (κ1) is 12.5. The number of carboxylic acids is 1. The summed E-state index contributed by atoms with van der Waals surface area (Å²) in [5.74, 6) is -0.585. The van der Waals surface area contributed by atoms with Gasteiger partial charge in [-0.3, -0.25) is 4.98 Å². The molecule has 0 fully saturated rings. The third-order valence-corrected chi connectivity index (χ3v) is 2.10. The highest BCUT2D eigenvalue weighted by Gasteiger charge is 2.10. The fourth-order valence-electron chi connectivity index (χ4n) is 1.15. The molecule has 0 radical (unpaired) electrons. The van der Waals surface area contributed by atoms with Gasteiger partial charge in [-0.05, 0) is 12.1 Å². The molecular weight excluding hydrogens is 262 g/mol. The number of carbonyl (C=O) groups is 1. The van der Waals surface area contributed by atoms with Gasteiger partial charge in [-0.1, -0.05) is 16.8 Å². The highest BCUT2D eigenvalue weighted by molar-refractivity contribution is 6.30. The van der Waals surface area contributed by atoms with Crippen LogP contribution in [-0.4, -0.2) is 32.8 Å². The van der Waals surface area contributed by atoms with Crippen molar-refractivity contribution in [1.82, 2.24) is 15.1 Å². The van der Waals surface area contributed by atoms with E-state index in [1.54, 1.807) is 12.1 Å². The van der Waals surface area contributed by atoms with Crippen LogP contribution in [0.15, 0.2) is 22.9 Å². The quantitative estimate of drug-likeness (QED) is 0.875. The summed E-state index contributed by atoms with van der Waals surface area (Å²) in [4.78, 5) is 18.3. The second-order valence-corrected chi connectivity index (χ2v) is 3.70. The zero-order valence-corrected chi connectivity index (χ0v) is 9.79. The van der Waals surface area contributed by atoms with Gasteiger partial charge in [0.2, 0.25) is 5.82 Å². The number of carboxylic acid groups (broad SMARTS) is 1. The molecule has 8 heteroatoms. The molecule has 2 aromatic heterocycles. The van der Waals surface area contributed by atoms with Crippen molar-refractivity contribution < 1.29 is 19.2 Å². The van der Waals surface area contributed by atoms with Gasteiger partial charge in [0.15, 0.2) is 0 Å². The molecule has 0 spiro atoms. The SMILES string of the molecule is O=C(O)COCc1nc(-c2ccc(Cl)cn2)no1. The largest absolute Gasteiger partial charge is 0.480 e. The molecule has 0 bridgehead atoms. The molecule has 0 aliphatic rings. The minimum atomic E-state index is -1.06. The Labute approximate surface area is 106 Å². The molecule has 0 saturated carbocycles. The van der Waals surface area contributed by atoms with E-state index in [0.29, 0.717) is 16.5 Å². The van der Waals surface area contributed by atoms with Crippen LogP contribution in [0, 0.1) is 0 Å². The van der Waals surface area contributed by atoms with Crippen molar-refractivity contribution in [1.29, 1.82) is 0 Å². The standard InChI is InChI=1S/C10H8ClN3O4/c11-6-1-2-7(12-3-6)10-13-8(18-14-10)4-17-5-9(15)16/h1-3H,4-5H2,(H,15,16). The smallest absolute Gasteiger partial charge is 0.329 e. The molecular formula is C10H8ClN3O4. The predicted molar refractivity (Wildman–Crippen MR) is 59.8 cm³/mol. The van der Waals surface area contributed by atoms with Gasteiger partial charge in [0, 0.05) is 6.20 Å². The number of ether oxygens (including phenoxy) is 1. The zero-order valence-electron chi connectivity index (χ0n) is 9.04. The molecule has 94 valence electrons. The van der Waals surface area contributed by atoms with Crippen LogP contribution < -0.4 is 0 Å². The number of nitrogens with zero attached hydrogens (tertiary/aromatic N) is 3. The Balaban J connectivity index is 2.01. The monoisotopic (exact) mass is 269 g/mol. The number of hydrogen-bond acceptors (Lipinski definition) is 6. The fraction of sp³-hybridized carbons (Fsp3) is 0.200. The maximum absolute atomic E-state index is 10.2. The van der Waals surface area contributed by atoms with E-state index in [-0.39, 0.29) is 12.5 Å². The first-order chi connectivity index (χ1) is 8.65. The highest BCUT2D eigenvalue weighted by Crippen LogP contribution is 2.15. The first-order valence-electron chi connectivity index (χ1n) is 4.89. The average Bonchev–Trinajstić information content (AvgIpc) is 2.78. The molecule has 1 N–H and O–H groups in total. The second kappa shape index (κ2) is 5.56. The Morgan fingerprint density at radius 1 is 1.50 bits per heavy atom. The Bertz CT molecular complexity index is 540. The molecule has 0 aliphatic heterocycles. The van der Waals surface area contributed by atoms with E-state index in [2.05, 4.69) is 15.1 Å². The van der Waals surface area contributed by atoms with Crippen LogP contribution in [0.5, 0.6) is 0 Å². The molecule has 7 nitrogen and oxygen atoms in total. The Kier molecular flexibility index (Phi) is 3.85. The topological polar surface area (TPSA) is 98.3 Å². The Morgan fingerprint density at radius 3 is 3.00 bits per heavy atom. The van der Waals surface area contributed by atoms with Crippen molar-refractivity contribution >= 4 is 17.6 Å². The van der Waals surface area contributed by atoms with Gasteiger partial charge in [0.25, 0.3) is 5.89 Å². The number of pyridine rings is 1. The lowest BCUT2D eigenvalue weighted by molar-refractivity contribution is -0.142. The van der Waals surface area contributed by atoms with Crippen LogP contribution in [0.2, 0.25) is 5.02 Å². The summed E-state index contributed by atoms with van der Waals surface area (Å²) in [6, 6.07) is 3.30. The first-order valence-corrected chi connectivity index (χ1v) is 5.27. The molecule has 0 unspecified atom stereocenters. The van der Waals surface area contributed by atoms with E-state index in [1.807, 2.05) is 0 Å². The minimum Gasteiger partial charge on any atom is -0.480 e. The molecule has 0 aliphatic carbocycles. The number of halogens is 1.